The predicted molar refractivity (Wildman–Crippen MR) is 62.0 cm³/mol. The Hall–Kier alpha value is -0.650. The van der Waals surface area contributed by atoms with Gasteiger partial charge in [0.25, 0.3) is 0 Å². The van der Waals surface area contributed by atoms with Crippen LogP contribution in [0.2, 0.25) is 0 Å². The molecule has 0 bridgehead atoms. The highest BCUT2D eigenvalue weighted by Gasteiger charge is 2.32. The Bertz CT molecular complexity index is 265. The first-order valence-corrected chi connectivity index (χ1v) is 6.33. The first kappa shape index (κ1) is 12.8. The van der Waals surface area contributed by atoms with E-state index >= 15 is 0 Å². The SMILES string of the molecule is CN(CC1CCC(C(=O)O)O1)C1CCOCC1. The van der Waals surface area contributed by atoms with Crippen molar-refractivity contribution in [2.75, 3.05) is 26.8 Å². The molecule has 2 aliphatic heterocycles. The summed E-state index contributed by atoms with van der Waals surface area (Å²) in [6.07, 6.45) is 3.09. The lowest BCUT2D eigenvalue weighted by molar-refractivity contribution is -0.149. The van der Waals surface area contributed by atoms with E-state index in [-0.39, 0.29) is 6.10 Å². The Kier molecular flexibility index (Phi) is 4.36. The lowest BCUT2D eigenvalue weighted by Crippen LogP contribution is -2.41. The minimum atomic E-state index is -0.832. The molecule has 0 aliphatic carbocycles. The molecule has 2 atom stereocenters. The van der Waals surface area contributed by atoms with Crippen molar-refractivity contribution in [3.8, 4) is 0 Å². The van der Waals surface area contributed by atoms with E-state index in [1.165, 1.54) is 0 Å². The van der Waals surface area contributed by atoms with Gasteiger partial charge in [0.1, 0.15) is 0 Å². The van der Waals surface area contributed by atoms with Crippen LogP contribution in [0, 0.1) is 0 Å². The van der Waals surface area contributed by atoms with Crippen LogP contribution in [0.3, 0.4) is 0 Å². The maximum atomic E-state index is 10.8. The highest BCUT2D eigenvalue weighted by molar-refractivity contribution is 5.72. The van der Waals surface area contributed by atoms with Gasteiger partial charge in [-0.1, -0.05) is 0 Å². The first-order valence-electron chi connectivity index (χ1n) is 6.33. The maximum Gasteiger partial charge on any atom is 0.332 e. The zero-order chi connectivity index (χ0) is 12.3. The molecule has 2 fully saturated rings. The van der Waals surface area contributed by atoms with Crippen LogP contribution in [0.25, 0.3) is 0 Å². The minimum absolute atomic E-state index is 0.0731. The third-order valence-corrected chi connectivity index (χ3v) is 3.69. The van der Waals surface area contributed by atoms with Gasteiger partial charge in [0.15, 0.2) is 6.10 Å². The van der Waals surface area contributed by atoms with Gasteiger partial charge >= 0.3 is 5.97 Å². The van der Waals surface area contributed by atoms with Crippen molar-refractivity contribution in [3.05, 3.63) is 0 Å². The van der Waals surface area contributed by atoms with Gasteiger partial charge in [-0.05, 0) is 32.7 Å². The van der Waals surface area contributed by atoms with E-state index in [9.17, 15) is 4.79 Å². The highest BCUT2D eigenvalue weighted by atomic mass is 16.5. The number of rotatable bonds is 4. The Morgan fingerprint density at radius 2 is 2.00 bits per heavy atom. The van der Waals surface area contributed by atoms with Crippen LogP contribution in [-0.2, 0) is 14.3 Å². The molecule has 2 aliphatic rings. The fraction of sp³-hybridized carbons (Fsp3) is 0.917. The molecule has 0 aromatic heterocycles. The molecular weight excluding hydrogens is 222 g/mol. The minimum Gasteiger partial charge on any atom is -0.479 e. The topological polar surface area (TPSA) is 59.0 Å². The van der Waals surface area contributed by atoms with Gasteiger partial charge in [0, 0.05) is 25.8 Å². The van der Waals surface area contributed by atoms with Crippen molar-refractivity contribution in [1.82, 2.24) is 4.90 Å². The van der Waals surface area contributed by atoms with E-state index in [0.717, 1.165) is 39.0 Å². The van der Waals surface area contributed by atoms with Gasteiger partial charge < -0.3 is 19.5 Å². The van der Waals surface area contributed by atoms with Gasteiger partial charge in [0.05, 0.1) is 6.10 Å². The average molecular weight is 243 g/mol. The number of hydrogen-bond donors (Lipinski definition) is 1. The van der Waals surface area contributed by atoms with Crippen molar-refractivity contribution in [1.29, 1.82) is 0 Å². The van der Waals surface area contributed by atoms with Gasteiger partial charge in [-0.3, -0.25) is 0 Å². The molecule has 5 heteroatoms. The van der Waals surface area contributed by atoms with Crippen molar-refractivity contribution >= 4 is 5.97 Å². The third kappa shape index (κ3) is 3.40. The molecule has 5 nitrogen and oxygen atoms in total. The summed E-state index contributed by atoms with van der Waals surface area (Å²) in [4.78, 5) is 13.1. The van der Waals surface area contributed by atoms with Gasteiger partial charge in [-0.2, -0.15) is 0 Å². The number of carbonyl (C=O) groups is 1. The van der Waals surface area contributed by atoms with Gasteiger partial charge in [-0.25, -0.2) is 4.79 Å². The molecular formula is C12H21NO4. The molecule has 2 heterocycles. The molecule has 0 aromatic rings. The number of likely N-dealkylation sites (N-methyl/N-ethyl adjacent to an activating group) is 1. The Morgan fingerprint density at radius 3 is 2.59 bits per heavy atom. The lowest BCUT2D eigenvalue weighted by Gasteiger charge is -2.32. The Labute approximate surface area is 102 Å². The monoisotopic (exact) mass is 243 g/mol. The first-order chi connectivity index (χ1) is 8.16. The number of hydrogen-bond acceptors (Lipinski definition) is 4. The van der Waals surface area contributed by atoms with E-state index in [1.54, 1.807) is 0 Å². The molecule has 0 amide bonds. The number of aliphatic carboxylic acids is 1. The largest absolute Gasteiger partial charge is 0.479 e. The second-order valence-electron chi connectivity index (χ2n) is 4.95. The molecule has 98 valence electrons. The summed E-state index contributed by atoms with van der Waals surface area (Å²) in [6.45, 7) is 2.49. The predicted octanol–water partition coefficient (Wildman–Crippen LogP) is 0.729. The van der Waals surface area contributed by atoms with Crippen LogP contribution in [-0.4, -0.2) is 61.0 Å². The van der Waals surface area contributed by atoms with Gasteiger partial charge in [0.2, 0.25) is 0 Å². The third-order valence-electron chi connectivity index (χ3n) is 3.69. The zero-order valence-electron chi connectivity index (χ0n) is 10.3. The van der Waals surface area contributed by atoms with E-state index in [2.05, 4.69) is 11.9 Å². The molecule has 1 N–H and O–H groups in total. The molecule has 0 spiro atoms. The summed E-state index contributed by atoms with van der Waals surface area (Å²) in [5, 5.41) is 8.86. The second-order valence-corrected chi connectivity index (χ2v) is 4.95. The standard InChI is InChI=1S/C12H21NO4/c1-13(9-4-6-16-7-5-9)8-10-2-3-11(17-10)12(14)15/h9-11H,2-8H2,1H3,(H,14,15). The normalized spacial score (nSPS) is 30.9. The fourth-order valence-corrected chi connectivity index (χ4v) is 2.62. The molecule has 0 radical (unpaired) electrons. The summed E-state index contributed by atoms with van der Waals surface area (Å²) >= 11 is 0. The van der Waals surface area contributed by atoms with Crippen molar-refractivity contribution in [2.45, 2.75) is 43.9 Å². The summed E-state index contributed by atoms with van der Waals surface area (Å²) in [6, 6.07) is 0.552. The van der Waals surface area contributed by atoms with E-state index in [1.807, 2.05) is 0 Å². The Morgan fingerprint density at radius 1 is 1.29 bits per heavy atom. The van der Waals surface area contributed by atoms with Crippen LogP contribution in [0.15, 0.2) is 0 Å². The van der Waals surface area contributed by atoms with Crippen molar-refractivity contribution in [2.24, 2.45) is 0 Å². The van der Waals surface area contributed by atoms with Gasteiger partial charge in [-0.15, -0.1) is 0 Å². The molecule has 0 aromatic carbocycles. The molecule has 2 saturated heterocycles. The fourth-order valence-electron chi connectivity index (χ4n) is 2.62. The van der Waals surface area contributed by atoms with Crippen molar-refractivity contribution in [3.63, 3.8) is 0 Å². The second kappa shape index (κ2) is 5.80. The molecule has 0 saturated carbocycles. The van der Waals surface area contributed by atoms with Crippen molar-refractivity contribution < 1.29 is 19.4 Å². The van der Waals surface area contributed by atoms with E-state index < -0.39 is 12.1 Å². The lowest BCUT2D eigenvalue weighted by atomic mass is 10.1. The molecule has 2 rings (SSSR count). The van der Waals surface area contributed by atoms with Crippen LogP contribution in [0.5, 0.6) is 0 Å². The number of carboxylic acid groups (broad SMARTS) is 1. The molecule has 17 heavy (non-hydrogen) atoms. The van der Waals surface area contributed by atoms with Crippen LogP contribution in [0.4, 0.5) is 0 Å². The maximum absolute atomic E-state index is 10.8. The number of carboxylic acids is 1. The quantitative estimate of drug-likeness (QED) is 0.788. The van der Waals surface area contributed by atoms with Crippen LogP contribution < -0.4 is 0 Å². The smallest absolute Gasteiger partial charge is 0.332 e. The summed E-state index contributed by atoms with van der Waals surface area (Å²) < 4.78 is 10.8. The summed E-state index contributed by atoms with van der Waals surface area (Å²) in [5.41, 5.74) is 0. The molecule has 2 unspecified atom stereocenters. The van der Waals surface area contributed by atoms with Crippen LogP contribution in [0.1, 0.15) is 25.7 Å². The summed E-state index contributed by atoms with van der Waals surface area (Å²) in [7, 11) is 2.09. The van der Waals surface area contributed by atoms with E-state index in [4.69, 9.17) is 14.6 Å². The zero-order valence-corrected chi connectivity index (χ0v) is 10.3. The van der Waals surface area contributed by atoms with E-state index in [0.29, 0.717) is 12.5 Å². The summed E-state index contributed by atoms with van der Waals surface area (Å²) in [5.74, 6) is -0.832. The Balaban J connectivity index is 1.75. The highest BCUT2D eigenvalue weighted by Crippen LogP contribution is 2.22. The van der Waals surface area contributed by atoms with Crippen LogP contribution >= 0.6 is 0 Å². The number of nitrogens with zero attached hydrogens (tertiary/aromatic N) is 1. The number of ether oxygens (including phenoxy) is 2. The average Bonchev–Trinajstić information content (AvgIpc) is 2.79.